The first-order chi connectivity index (χ1) is 10.3. The average Bonchev–Trinajstić information content (AvgIpc) is 2.70. The minimum absolute atomic E-state index is 0.489. The van der Waals surface area contributed by atoms with Gasteiger partial charge in [0.05, 0.1) is 0 Å². The molecule has 1 aromatic rings. The van der Waals surface area contributed by atoms with Gasteiger partial charge in [-0.05, 0) is 38.5 Å². The summed E-state index contributed by atoms with van der Waals surface area (Å²) in [6.07, 6.45) is 2.49. The molecule has 0 spiro atoms. The van der Waals surface area contributed by atoms with E-state index in [9.17, 15) is 0 Å². The molecule has 21 heavy (non-hydrogen) atoms. The van der Waals surface area contributed by atoms with Gasteiger partial charge in [0, 0.05) is 31.7 Å². The van der Waals surface area contributed by atoms with Gasteiger partial charge < -0.3 is 10.2 Å². The molecular formula is C18H31N3. The molecule has 2 atom stereocenters. The van der Waals surface area contributed by atoms with E-state index in [0.29, 0.717) is 12.1 Å². The van der Waals surface area contributed by atoms with Crippen LogP contribution in [0.1, 0.15) is 38.3 Å². The van der Waals surface area contributed by atoms with Gasteiger partial charge >= 0.3 is 0 Å². The number of benzene rings is 1. The van der Waals surface area contributed by atoms with Gasteiger partial charge in [0.2, 0.25) is 0 Å². The molecule has 1 heterocycles. The Balaban J connectivity index is 2.21. The smallest absolute Gasteiger partial charge is 0.0476 e. The Kier molecular flexibility index (Phi) is 6.68. The van der Waals surface area contributed by atoms with E-state index in [1.807, 2.05) is 0 Å². The van der Waals surface area contributed by atoms with E-state index in [4.69, 9.17) is 0 Å². The van der Waals surface area contributed by atoms with E-state index in [1.54, 1.807) is 0 Å². The minimum atomic E-state index is 0.489. The van der Waals surface area contributed by atoms with Crippen LogP contribution in [0.3, 0.4) is 0 Å². The van der Waals surface area contributed by atoms with Crippen molar-refractivity contribution in [3.8, 4) is 0 Å². The van der Waals surface area contributed by atoms with E-state index in [2.05, 4.69) is 66.3 Å². The summed E-state index contributed by atoms with van der Waals surface area (Å²) in [4.78, 5) is 5.23. The Bertz CT molecular complexity index is 393. The first-order valence-corrected chi connectivity index (χ1v) is 8.46. The summed E-state index contributed by atoms with van der Waals surface area (Å²) in [7, 11) is 2.26. The molecule has 0 aliphatic carbocycles. The molecule has 1 aliphatic heterocycles. The van der Waals surface area contributed by atoms with Gasteiger partial charge in [0.15, 0.2) is 0 Å². The maximum Gasteiger partial charge on any atom is 0.0476 e. The highest BCUT2D eigenvalue weighted by atomic mass is 15.3. The Morgan fingerprint density at radius 2 is 1.95 bits per heavy atom. The van der Waals surface area contributed by atoms with Crippen LogP contribution in [0.4, 0.5) is 0 Å². The van der Waals surface area contributed by atoms with Crippen molar-refractivity contribution < 1.29 is 0 Å². The van der Waals surface area contributed by atoms with Crippen LogP contribution in [-0.4, -0.2) is 55.6 Å². The zero-order valence-electron chi connectivity index (χ0n) is 13.9. The second-order valence-corrected chi connectivity index (χ2v) is 6.15. The quantitative estimate of drug-likeness (QED) is 0.869. The third kappa shape index (κ3) is 4.53. The van der Waals surface area contributed by atoms with Crippen molar-refractivity contribution >= 4 is 0 Å². The SMILES string of the molecule is CCNCC(c1ccccc1)N1CCCN(C)CC1CC. The molecule has 0 aromatic heterocycles. The van der Waals surface area contributed by atoms with Crippen molar-refractivity contribution in [1.29, 1.82) is 0 Å². The van der Waals surface area contributed by atoms with Crippen molar-refractivity contribution in [1.82, 2.24) is 15.1 Å². The summed E-state index contributed by atoms with van der Waals surface area (Å²) in [6.45, 7) is 10.2. The van der Waals surface area contributed by atoms with Crippen LogP contribution in [0.5, 0.6) is 0 Å². The van der Waals surface area contributed by atoms with Crippen LogP contribution in [0, 0.1) is 0 Å². The van der Waals surface area contributed by atoms with E-state index < -0.39 is 0 Å². The Morgan fingerprint density at radius 3 is 2.62 bits per heavy atom. The summed E-state index contributed by atoms with van der Waals surface area (Å²) in [5, 5.41) is 3.57. The lowest BCUT2D eigenvalue weighted by atomic mass is 10.0. The Labute approximate surface area is 130 Å². The molecule has 1 fully saturated rings. The number of nitrogens with one attached hydrogen (secondary N) is 1. The maximum absolute atomic E-state index is 3.57. The van der Waals surface area contributed by atoms with Crippen LogP contribution in [0.15, 0.2) is 30.3 Å². The summed E-state index contributed by atoms with van der Waals surface area (Å²) in [5.41, 5.74) is 1.45. The van der Waals surface area contributed by atoms with Gasteiger partial charge in [-0.1, -0.05) is 44.2 Å². The Hall–Kier alpha value is -0.900. The second kappa shape index (κ2) is 8.52. The van der Waals surface area contributed by atoms with Gasteiger partial charge in [-0.2, -0.15) is 0 Å². The lowest BCUT2D eigenvalue weighted by Crippen LogP contribution is -2.45. The van der Waals surface area contributed by atoms with Crippen molar-refractivity contribution in [3.63, 3.8) is 0 Å². The van der Waals surface area contributed by atoms with Crippen LogP contribution < -0.4 is 5.32 Å². The first kappa shape index (κ1) is 16.5. The maximum atomic E-state index is 3.57. The molecule has 2 unspecified atom stereocenters. The molecular weight excluding hydrogens is 258 g/mol. The van der Waals surface area contributed by atoms with Crippen molar-refractivity contribution in [2.24, 2.45) is 0 Å². The van der Waals surface area contributed by atoms with Gasteiger partial charge in [-0.25, -0.2) is 0 Å². The fourth-order valence-corrected chi connectivity index (χ4v) is 3.42. The monoisotopic (exact) mass is 289 g/mol. The van der Waals surface area contributed by atoms with Crippen LogP contribution in [0.2, 0.25) is 0 Å². The summed E-state index contributed by atoms with van der Waals surface area (Å²) in [6, 6.07) is 12.1. The average molecular weight is 289 g/mol. The first-order valence-electron chi connectivity index (χ1n) is 8.46. The number of hydrogen-bond donors (Lipinski definition) is 1. The van der Waals surface area contributed by atoms with Crippen molar-refractivity contribution in [3.05, 3.63) is 35.9 Å². The van der Waals surface area contributed by atoms with Gasteiger partial charge in [-0.15, -0.1) is 0 Å². The third-order valence-electron chi connectivity index (χ3n) is 4.59. The lowest BCUT2D eigenvalue weighted by molar-refractivity contribution is 0.126. The molecule has 0 amide bonds. The van der Waals surface area contributed by atoms with E-state index in [1.165, 1.54) is 38.0 Å². The largest absolute Gasteiger partial charge is 0.315 e. The Morgan fingerprint density at radius 1 is 1.19 bits per heavy atom. The molecule has 0 radical (unpaired) electrons. The second-order valence-electron chi connectivity index (χ2n) is 6.15. The molecule has 1 N–H and O–H groups in total. The van der Waals surface area contributed by atoms with E-state index >= 15 is 0 Å². The van der Waals surface area contributed by atoms with Crippen LogP contribution in [-0.2, 0) is 0 Å². The van der Waals surface area contributed by atoms with Crippen molar-refractivity contribution in [2.75, 3.05) is 39.8 Å². The number of rotatable bonds is 6. The summed E-state index contributed by atoms with van der Waals surface area (Å²) < 4.78 is 0. The number of likely N-dealkylation sites (N-methyl/N-ethyl adjacent to an activating group) is 2. The molecule has 1 aromatic carbocycles. The molecule has 0 saturated carbocycles. The fourth-order valence-electron chi connectivity index (χ4n) is 3.42. The summed E-state index contributed by atoms with van der Waals surface area (Å²) >= 11 is 0. The standard InChI is InChI=1S/C18H31N3/c1-4-17-15-20(3)12-9-13-21(17)18(14-19-5-2)16-10-7-6-8-11-16/h6-8,10-11,17-19H,4-5,9,12-15H2,1-3H3. The highest BCUT2D eigenvalue weighted by Crippen LogP contribution is 2.26. The van der Waals surface area contributed by atoms with Crippen molar-refractivity contribution in [2.45, 2.75) is 38.8 Å². The third-order valence-corrected chi connectivity index (χ3v) is 4.59. The zero-order valence-corrected chi connectivity index (χ0v) is 13.9. The highest BCUT2D eigenvalue weighted by molar-refractivity contribution is 5.20. The zero-order chi connectivity index (χ0) is 15.1. The minimum Gasteiger partial charge on any atom is -0.315 e. The normalized spacial score (nSPS) is 22.9. The topological polar surface area (TPSA) is 18.5 Å². The molecule has 118 valence electrons. The molecule has 1 aliphatic rings. The predicted molar refractivity (Wildman–Crippen MR) is 90.6 cm³/mol. The predicted octanol–water partition coefficient (Wildman–Crippen LogP) is 2.75. The fraction of sp³-hybridized carbons (Fsp3) is 0.667. The van der Waals surface area contributed by atoms with E-state index in [0.717, 1.165) is 13.1 Å². The van der Waals surface area contributed by atoms with Crippen LogP contribution >= 0.6 is 0 Å². The molecule has 3 heteroatoms. The number of nitrogens with zero attached hydrogens (tertiary/aromatic N) is 2. The molecule has 0 bridgehead atoms. The van der Waals surface area contributed by atoms with Gasteiger partial charge in [0.1, 0.15) is 0 Å². The van der Waals surface area contributed by atoms with E-state index in [-0.39, 0.29) is 0 Å². The molecule has 1 saturated heterocycles. The molecule has 2 rings (SSSR count). The van der Waals surface area contributed by atoms with Gasteiger partial charge in [0.25, 0.3) is 0 Å². The number of hydrogen-bond acceptors (Lipinski definition) is 3. The lowest BCUT2D eigenvalue weighted by Gasteiger charge is -2.37. The van der Waals surface area contributed by atoms with Crippen LogP contribution in [0.25, 0.3) is 0 Å². The highest BCUT2D eigenvalue weighted by Gasteiger charge is 2.28. The molecule has 3 nitrogen and oxygen atoms in total. The summed E-state index contributed by atoms with van der Waals surface area (Å²) in [5.74, 6) is 0. The van der Waals surface area contributed by atoms with Gasteiger partial charge in [-0.3, -0.25) is 4.90 Å².